The maximum absolute atomic E-state index is 12.7. The van der Waals surface area contributed by atoms with Gasteiger partial charge in [-0.25, -0.2) is 9.78 Å². The Morgan fingerprint density at radius 2 is 2.18 bits per heavy atom. The standard InChI is InChI=1S/C20H21N5O3/c1-12-15(13(2)23-20(27)22-12)5-6-18(26)25-9-7-17-16(11-25)24-19(28-17)14-4-3-8-21-10-14/h3-4,8,10H,5-7,9,11H2,1-2H3,(H,22,23,27). The lowest BCUT2D eigenvalue weighted by Gasteiger charge is -2.25. The third kappa shape index (κ3) is 3.58. The lowest BCUT2D eigenvalue weighted by Crippen LogP contribution is -2.36. The highest BCUT2D eigenvalue weighted by molar-refractivity contribution is 5.76. The van der Waals surface area contributed by atoms with Crippen molar-refractivity contribution >= 4 is 5.91 Å². The molecule has 4 heterocycles. The summed E-state index contributed by atoms with van der Waals surface area (Å²) in [5, 5.41) is 0. The van der Waals surface area contributed by atoms with E-state index in [0.29, 0.717) is 43.9 Å². The zero-order chi connectivity index (χ0) is 19.7. The number of oxazole rings is 1. The Labute approximate surface area is 161 Å². The van der Waals surface area contributed by atoms with Crippen LogP contribution in [-0.2, 0) is 24.2 Å². The molecule has 0 fully saturated rings. The fourth-order valence-corrected chi connectivity index (χ4v) is 3.54. The van der Waals surface area contributed by atoms with Crippen LogP contribution >= 0.6 is 0 Å². The first-order valence-corrected chi connectivity index (χ1v) is 9.24. The van der Waals surface area contributed by atoms with Crippen molar-refractivity contribution in [2.24, 2.45) is 0 Å². The van der Waals surface area contributed by atoms with Crippen molar-refractivity contribution in [3.63, 3.8) is 0 Å². The summed E-state index contributed by atoms with van der Waals surface area (Å²) in [4.78, 5) is 41.2. The topological polar surface area (TPSA) is 105 Å². The zero-order valence-corrected chi connectivity index (χ0v) is 15.9. The molecule has 0 spiro atoms. The number of nitrogens with one attached hydrogen (secondary N) is 1. The Kier molecular flexibility index (Phi) is 4.77. The Morgan fingerprint density at radius 3 is 2.93 bits per heavy atom. The van der Waals surface area contributed by atoms with E-state index in [1.807, 2.05) is 24.0 Å². The van der Waals surface area contributed by atoms with Gasteiger partial charge >= 0.3 is 5.69 Å². The van der Waals surface area contributed by atoms with E-state index in [4.69, 9.17) is 4.42 Å². The van der Waals surface area contributed by atoms with E-state index in [9.17, 15) is 9.59 Å². The molecule has 28 heavy (non-hydrogen) atoms. The summed E-state index contributed by atoms with van der Waals surface area (Å²) >= 11 is 0. The molecule has 1 N–H and O–H groups in total. The highest BCUT2D eigenvalue weighted by atomic mass is 16.4. The molecule has 0 saturated carbocycles. The molecule has 1 amide bonds. The van der Waals surface area contributed by atoms with E-state index in [2.05, 4.69) is 19.9 Å². The van der Waals surface area contributed by atoms with Crippen LogP contribution in [0.1, 0.15) is 34.8 Å². The second-order valence-electron chi connectivity index (χ2n) is 6.93. The second-order valence-corrected chi connectivity index (χ2v) is 6.93. The summed E-state index contributed by atoms with van der Waals surface area (Å²) in [5.74, 6) is 1.43. The van der Waals surface area contributed by atoms with Crippen molar-refractivity contribution in [2.45, 2.75) is 39.7 Å². The first kappa shape index (κ1) is 18.1. The summed E-state index contributed by atoms with van der Waals surface area (Å²) in [7, 11) is 0. The van der Waals surface area contributed by atoms with Crippen LogP contribution in [0.4, 0.5) is 0 Å². The Hall–Kier alpha value is -3.29. The zero-order valence-electron chi connectivity index (χ0n) is 15.9. The average molecular weight is 379 g/mol. The molecular formula is C20H21N5O3. The minimum atomic E-state index is -0.357. The normalized spacial score (nSPS) is 13.4. The number of aromatic nitrogens is 4. The van der Waals surface area contributed by atoms with E-state index in [1.165, 1.54) is 0 Å². The average Bonchev–Trinajstić information content (AvgIpc) is 3.11. The number of hydrogen-bond acceptors (Lipinski definition) is 6. The van der Waals surface area contributed by atoms with Crippen LogP contribution in [0.5, 0.6) is 0 Å². The predicted molar refractivity (Wildman–Crippen MR) is 102 cm³/mol. The summed E-state index contributed by atoms with van der Waals surface area (Å²) in [6.07, 6.45) is 4.96. The summed E-state index contributed by atoms with van der Waals surface area (Å²) in [5.41, 5.74) is 3.63. The molecular weight excluding hydrogens is 358 g/mol. The van der Waals surface area contributed by atoms with Gasteiger partial charge in [0.15, 0.2) is 0 Å². The second kappa shape index (κ2) is 7.38. The van der Waals surface area contributed by atoms with Gasteiger partial charge in [-0.05, 0) is 38.0 Å². The fourth-order valence-electron chi connectivity index (χ4n) is 3.54. The van der Waals surface area contributed by atoms with Crippen LogP contribution in [0.25, 0.3) is 11.5 Å². The largest absolute Gasteiger partial charge is 0.441 e. The monoisotopic (exact) mass is 379 g/mol. The number of aromatic amines is 1. The number of amides is 1. The summed E-state index contributed by atoms with van der Waals surface area (Å²) < 4.78 is 5.86. The molecule has 0 aromatic carbocycles. The number of pyridine rings is 1. The number of H-pyrrole nitrogens is 1. The van der Waals surface area contributed by atoms with Crippen LogP contribution in [0.3, 0.4) is 0 Å². The van der Waals surface area contributed by atoms with Crippen molar-refractivity contribution in [2.75, 3.05) is 6.54 Å². The van der Waals surface area contributed by atoms with Crippen LogP contribution in [0.15, 0.2) is 33.7 Å². The lowest BCUT2D eigenvalue weighted by molar-refractivity contribution is -0.132. The number of carbonyl (C=O) groups is 1. The molecule has 0 aliphatic carbocycles. The molecule has 1 aliphatic heterocycles. The SMILES string of the molecule is Cc1nc(=O)[nH]c(C)c1CCC(=O)N1CCc2oc(-c3cccnc3)nc2C1. The third-order valence-electron chi connectivity index (χ3n) is 5.03. The Morgan fingerprint density at radius 1 is 1.32 bits per heavy atom. The molecule has 0 unspecified atom stereocenters. The first-order chi connectivity index (χ1) is 13.5. The highest BCUT2D eigenvalue weighted by Crippen LogP contribution is 2.26. The summed E-state index contributed by atoms with van der Waals surface area (Å²) in [6, 6.07) is 3.74. The van der Waals surface area contributed by atoms with Gasteiger partial charge in [-0.15, -0.1) is 0 Å². The molecule has 8 nitrogen and oxygen atoms in total. The number of carbonyl (C=O) groups excluding carboxylic acids is 1. The minimum absolute atomic E-state index is 0.0570. The van der Waals surface area contributed by atoms with Crippen molar-refractivity contribution in [3.8, 4) is 11.5 Å². The lowest BCUT2D eigenvalue weighted by atomic mass is 10.1. The van der Waals surface area contributed by atoms with Gasteiger partial charge in [-0.2, -0.15) is 4.98 Å². The predicted octanol–water partition coefficient (Wildman–Crippen LogP) is 1.95. The molecule has 0 bridgehead atoms. The highest BCUT2D eigenvalue weighted by Gasteiger charge is 2.26. The fraction of sp³-hybridized carbons (Fsp3) is 0.350. The van der Waals surface area contributed by atoms with Crippen LogP contribution in [0, 0.1) is 13.8 Å². The number of hydrogen-bond donors (Lipinski definition) is 1. The van der Waals surface area contributed by atoms with Gasteiger partial charge in [0.2, 0.25) is 11.8 Å². The quantitative estimate of drug-likeness (QED) is 0.743. The maximum atomic E-state index is 12.7. The molecule has 8 heteroatoms. The van der Waals surface area contributed by atoms with Crippen LogP contribution < -0.4 is 5.69 Å². The molecule has 3 aromatic heterocycles. The van der Waals surface area contributed by atoms with Gasteiger partial charge < -0.3 is 14.3 Å². The molecule has 0 atom stereocenters. The number of fused-ring (bicyclic) bond motifs is 1. The first-order valence-electron chi connectivity index (χ1n) is 9.24. The summed E-state index contributed by atoms with van der Waals surface area (Å²) in [6.45, 7) is 4.68. The van der Waals surface area contributed by atoms with Gasteiger partial charge in [0.25, 0.3) is 0 Å². The van der Waals surface area contributed by atoms with E-state index in [0.717, 1.165) is 28.3 Å². The van der Waals surface area contributed by atoms with Crippen LogP contribution in [0.2, 0.25) is 0 Å². The van der Waals surface area contributed by atoms with E-state index in [-0.39, 0.29) is 11.6 Å². The van der Waals surface area contributed by atoms with Crippen molar-refractivity contribution in [3.05, 3.63) is 63.4 Å². The van der Waals surface area contributed by atoms with E-state index >= 15 is 0 Å². The number of nitrogens with zero attached hydrogens (tertiary/aromatic N) is 4. The van der Waals surface area contributed by atoms with Crippen LogP contribution in [-0.4, -0.2) is 37.3 Å². The number of aryl methyl sites for hydroxylation is 2. The van der Waals surface area contributed by atoms with Gasteiger partial charge in [-0.1, -0.05) is 0 Å². The Balaban J connectivity index is 1.44. The van der Waals surface area contributed by atoms with Gasteiger partial charge in [0.05, 0.1) is 12.1 Å². The maximum Gasteiger partial charge on any atom is 0.345 e. The molecule has 0 radical (unpaired) electrons. The third-order valence-corrected chi connectivity index (χ3v) is 5.03. The molecule has 1 aliphatic rings. The van der Waals surface area contributed by atoms with Gasteiger partial charge in [0, 0.05) is 43.2 Å². The Bertz CT molecular complexity index is 1040. The van der Waals surface area contributed by atoms with Crippen molar-refractivity contribution < 1.29 is 9.21 Å². The smallest absolute Gasteiger partial charge is 0.345 e. The molecule has 144 valence electrons. The van der Waals surface area contributed by atoms with E-state index < -0.39 is 0 Å². The molecule has 3 aromatic rings. The van der Waals surface area contributed by atoms with Crippen molar-refractivity contribution in [1.82, 2.24) is 24.8 Å². The van der Waals surface area contributed by atoms with E-state index in [1.54, 1.807) is 19.3 Å². The van der Waals surface area contributed by atoms with Gasteiger partial charge in [-0.3, -0.25) is 9.78 Å². The molecule has 4 rings (SSSR count). The number of rotatable bonds is 4. The van der Waals surface area contributed by atoms with Crippen molar-refractivity contribution in [1.29, 1.82) is 0 Å². The molecule has 0 saturated heterocycles. The van der Waals surface area contributed by atoms with Gasteiger partial charge in [0.1, 0.15) is 11.5 Å². The minimum Gasteiger partial charge on any atom is -0.441 e.